The van der Waals surface area contributed by atoms with Crippen LogP contribution in [0.5, 0.6) is 0 Å². The first kappa shape index (κ1) is 7.68. The number of aryl methyl sites for hydroxylation is 2. The van der Waals surface area contributed by atoms with Gasteiger partial charge in [-0.3, -0.25) is 4.90 Å². The fourth-order valence-corrected chi connectivity index (χ4v) is 1.72. The minimum atomic E-state index is 1.03. The highest BCUT2D eigenvalue weighted by atomic mass is 15.2. The topological polar surface area (TPSA) is 29.0 Å². The first-order valence-corrected chi connectivity index (χ1v) is 4.18. The van der Waals surface area contributed by atoms with Crippen molar-refractivity contribution in [1.82, 2.24) is 15.1 Å². The molecule has 1 aliphatic rings. The van der Waals surface area contributed by atoms with E-state index in [1.54, 1.807) is 0 Å². The molecule has 12 heavy (non-hydrogen) atoms. The quantitative estimate of drug-likeness (QED) is 0.572. The maximum absolute atomic E-state index is 4.11. The highest BCUT2D eigenvalue weighted by molar-refractivity contribution is 5.34. The second kappa shape index (κ2) is 2.52. The Morgan fingerprint density at radius 3 is 1.83 bits per heavy atom. The molecule has 0 saturated carbocycles. The summed E-state index contributed by atoms with van der Waals surface area (Å²) in [6, 6.07) is 0. The molecule has 2 rings (SSSR count). The normalized spacial score (nSPS) is 16.6. The summed E-state index contributed by atoms with van der Waals surface area (Å²) in [5.74, 6) is 0. The van der Waals surface area contributed by atoms with Gasteiger partial charge >= 0.3 is 0 Å². The number of nitrogens with zero attached hydrogens (tertiary/aromatic N) is 3. The molecule has 0 spiro atoms. The number of rotatable bonds is 0. The first-order valence-electron chi connectivity index (χ1n) is 4.18. The third kappa shape index (κ3) is 1.01. The summed E-state index contributed by atoms with van der Waals surface area (Å²) in [6.45, 7) is 6.12. The van der Waals surface area contributed by atoms with Gasteiger partial charge in [0.2, 0.25) is 0 Å². The van der Waals surface area contributed by atoms with Gasteiger partial charge in [0.1, 0.15) is 0 Å². The predicted octanol–water partition coefficient (Wildman–Crippen LogP) is 1.04. The fourth-order valence-electron chi connectivity index (χ4n) is 1.72. The van der Waals surface area contributed by atoms with Gasteiger partial charge in [0, 0.05) is 13.1 Å². The number of hydrogen-bond acceptors (Lipinski definition) is 3. The van der Waals surface area contributed by atoms with Gasteiger partial charge < -0.3 is 0 Å². The van der Waals surface area contributed by atoms with Crippen molar-refractivity contribution in [3.63, 3.8) is 0 Å². The van der Waals surface area contributed by atoms with E-state index in [0.29, 0.717) is 0 Å². The zero-order chi connectivity index (χ0) is 8.72. The summed E-state index contributed by atoms with van der Waals surface area (Å²) < 4.78 is 0. The van der Waals surface area contributed by atoms with Crippen LogP contribution in [0.15, 0.2) is 0 Å². The Hall–Kier alpha value is -0.960. The van der Waals surface area contributed by atoms with E-state index < -0.39 is 0 Å². The van der Waals surface area contributed by atoms with Crippen LogP contribution in [-0.2, 0) is 13.1 Å². The minimum absolute atomic E-state index is 1.03. The molecular weight excluding hydrogens is 150 g/mol. The second-order valence-electron chi connectivity index (χ2n) is 3.50. The Morgan fingerprint density at radius 1 is 1.00 bits per heavy atom. The van der Waals surface area contributed by atoms with Gasteiger partial charge in [-0.25, -0.2) is 0 Å². The molecule has 0 fully saturated rings. The van der Waals surface area contributed by atoms with Crippen molar-refractivity contribution >= 4 is 0 Å². The molecule has 0 aromatic carbocycles. The van der Waals surface area contributed by atoms with Gasteiger partial charge in [-0.15, -0.1) is 0 Å². The van der Waals surface area contributed by atoms with E-state index in [1.807, 2.05) is 13.8 Å². The maximum atomic E-state index is 4.11. The Labute approximate surface area is 72.4 Å². The van der Waals surface area contributed by atoms with Crippen LogP contribution in [-0.4, -0.2) is 22.1 Å². The fraction of sp³-hybridized carbons (Fsp3) is 0.556. The highest BCUT2D eigenvalue weighted by Crippen LogP contribution is 2.24. The van der Waals surface area contributed by atoms with Crippen molar-refractivity contribution < 1.29 is 0 Å². The van der Waals surface area contributed by atoms with Crippen molar-refractivity contribution in [2.75, 3.05) is 7.05 Å². The van der Waals surface area contributed by atoms with Gasteiger partial charge in [-0.05, 0) is 32.0 Å². The lowest BCUT2D eigenvalue weighted by Gasteiger charge is -2.02. The molecule has 0 unspecified atom stereocenters. The van der Waals surface area contributed by atoms with E-state index in [-0.39, 0.29) is 0 Å². The van der Waals surface area contributed by atoms with Crippen molar-refractivity contribution in [3.8, 4) is 0 Å². The minimum Gasteiger partial charge on any atom is -0.298 e. The molecule has 1 aromatic heterocycles. The van der Waals surface area contributed by atoms with Gasteiger partial charge in [-0.2, -0.15) is 10.2 Å². The molecule has 0 saturated heterocycles. The van der Waals surface area contributed by atoms with Crippen LogP contribution in [0.4, 0.5) is 0 Å². The highest BCUT2D eigenvalue weighted by Gasteiger charge is 2.20. The summed E-state index contributed by atoms with van der Waals surface area (Å²) in [5.41, 5.74) is 4.93. The van der Waals surface area contributed by atoms with Crippen molar-refractivity contribution in [2.45, 2.75) is 26.9 Å². The number of fused-ring (bicyclic) bond motifs is 1. The molecule has 1 aliphatic heterocycles. The average molecular weight is 163 g/mol. The Kier molecular flexibility index (Phi) is 1.61. The smallest absolute Gasteiger partial charge is 0.0648 e. The van der Waals surface area contributed by atoms with Crippen LogP contribution in [0.25, 0.3) is 0 Å². The largest absolute Gasteiger partial charge is 0.298 e. The van der Waals surface area contributed by atoms with Crippen LogP contribution in [0.2, 0.25) is 0 Å². The van der Waals surface area contributed by atoms with E-state index in [2.05, 4.69) is 22.1 Å². The molecule has 0 amide bonds. The van der Waals surface area contributed by atoms with Gasteiger partial charge in [-0.1, -0.05) is 0 Å². The molecule has 0 radical (unpaired) electrons. The van der Waals surface area contributed by atoms with Crippen molar-refractivity contribution in [2.24, 2.45) is 0 Å². The molecule has 3 heteroatoms. The SMILES string of the molecule is Cc1nnc(C)c2c1CN(C)C2. The van der Waals surface area contributed by atoms with Gasteiger partial charge in [0.15, 0.2) is 0 Å². The molecular formula is C9H13N3. The van der Waals surface area contributed by atoms with Gasteiger partial charge in [0.25, 0.3) is 0 Å². The molecule has 1 aromatic rings. The van der Waals surface area contributed by atoms with Crippen LogP contribution in [0.1, 0.15) is 22.5 Å². The van der Waals surface area contributed by atoms with Crippen LogP contribution < -0.4 is 0 Å². The van der Waals surface area contributed by atoms with E-state index in [4.69, 9.17) is 0 Å². The maximum Gasteiger partial charge on any atom is 0.0648 e. The third-order valence-corrected chi connectivity index (χ3v) is 2.44. The molecule has 3 nitrogen and oxygen atoms in total. The predicted molar refractivity (Wildman–Crippen MR) is 46.7 cm³/mol. The molecule has 64 valence electrons. The van der Waals surface area contributed by atoms with Crippen molar-refractivity contribution in [1.29, 1.82) is 0 Å². The lowest BCUT2D eigenvalue weighted by Crippen LogP contribution is -2.07. The van der Waals surface area contributed by atoms with E-state index >= 15 is 0 Å². The lowest BCUT2D eigenvalue weighted by atomic mass is 10.1. The molecule has 0 N–H and O–H groups in total. The van der Waals surface area contributed by atoms with E-state index in [0.717, 1.165) is 24.5 Å². The van der Waals surface area contributed by atoms with E-state index in [9.17, 15) is 0 Å². The molecule has 0 aliphatic carbocycles. The summed E-state index contributed by atoms with van der Waals surface area (Å²) in [6.07, 6.45) is 0. The average Bonchev–Trinajstić information content (AvgIpc) is 2.41. The van der Waals surface area contributed by atoms with Crippen molar-refractivity contribution in [3.05, 3.63) is 22.5 Å². The third-order valence-electron chi connectivity index (χ3n) is 2.44. The number of hydrogen-bond donors (Lipinski definition) is 0. The molecule has 2 heterocycles. The second-order valence-corrected chi connectivity index (χ2v) is 3.50. The Balaban J connectivity index is 2.56. The Bertz CT molecular complexity index is 289. The summed E-state index contributed by atoms with van der Waals surface area (Å²) in [7, 11) is 2.12. The zero-order valence-electron chi connectivity index (χ0n) is 7.76. The van der Waals surface area contributed by atoms with Crippen LogP contribution in [0, 0.1) is 13.8 Å². The standard InChI is InChI=1S/C9H13N3/c1-6-8-4-12(3)5-9(8)7(2)11-10-6/h4-5H2,1-3H3. The van der Waals surface area contributed by atoms with Crippen LogP contribution >= 0.6 is 0 Å². The zero-order valence-corrected chi connectivity index (χ0v) is 7.76. The first-order chi connectivity index (χ1) is 5.68. The summed E-state index contributed by atoms with van der Waals surface area (Å²) >= 11 is 0. The lowest BCUT2D eigenvalue weighted by molar-refractivity contribution is 0.352. The number of aromatic nitrogens is 2. The summed E-state index contributed by atoms with van der Waals surface area (Å²) in [5, 5.41) is 8.22. The summed E-state index contributed by atoms with van der Waals surface area (Å²) in [4.78, 5) is 2.29. The van der Waals surface area contributed by atoms with Crippen LogP contribution in [0.3, 0.4) is 0 Å². The Morgan fingerprint density at radius 2 is 1.42 bits per heavy atom. The van der Waals surface area contributed by atoms with E-state index in [1.165, 1.54) is 11.1 Å². The van der Waals surface area contributed by atoms with Gasteiger partial charge in [0.05, 0.1) is 11.4 Å². The monoisotopic (exact) mass is 163 g/mol. The molecule has 0 bridgehead atoms. The molecule has 0 atom stereocenters.